The highest BCUT2D eigenvalue weighted by Crippen LogP contribution is 2.43. The van der Waals surface area contributed by atoms with Crippen molar-refractivity contribution in [3.8, 4) is 0 Å². The van der Waals surface area contributed by atoms with Gasteiger partial charge in [-0.3, -0.25) is 18.6 Å². The standard InChI is InChI=1S/C44H80NO8P/c1-6-8-10-12-14-16-18-20-21-22-23-25-26-28-30-32-34-36-43(46)50-40-42(41-52-54(48,49)51-39-38-45(3,4)5)53-44(47)37-35-33-31-29-27-24-19-17-15-13-11-9-7-2/h8,10,14,16,20-21,23,25,42H,6-7,9,11-13,15,17-19,22,24,26-41H2,1-5H3/p+1/b10-8+,16-14+,21-20+,25-23+/t42-/m1/s1. The van der Waals surface area contributed by atoms with E-state index in [1.54, 1.807) is 0 Å². The maximum atomic E-state index is 12.7. The Labute approximate surface area is 331 Å². The van der Waals surface area contributed by atoms with E-state index < -0.39 is 32.5 Å². The van der Waals surface area contributed by atoms with Crippen molar-refractivity contribution in [3.05, 3.63) is 48.6 Å². The van der Waals surface area contributed by atoms with E-state index in [4.69, 9.17) is 18.5 Å². The molecule has 0 aliphatic heterocycles. The van der Waals surface area contributed by atoms with Crippen LogP contribution >= 0.6 is 7.82 Å². The largest absolute Gasteiger partial charge is 0.472 e. The number of ether oxygens (including phenoxy) is 2. The van der Waals surface area contributed by atoms with Gasteiger partial charge in [-0.05, 0) is 51.4 Å². The number of carbonyl (C=O) groups excluding carboxylic acids is 2. The molecule has 314 valence electrons. The van der Waals surface area contributed by atoms with Gasteiger partial charge in [-0.25, -0.2) is 4.57 Å². The van der Waals surface area contributed by atoms with Crippen LogP contribution in [-0.2, 0) is 32.7 Å². The van der Waals surface area contributed by atoms with E-state index in [9.17, 15) is 19.0 Å². The number of allylic oxidation sites excluding steroid dienone is 8. The van der Waals surface area contributed by atoms with Gasteiger partial charge in [0.15, 0.2) is 6.10 Å². The summed E-state index contributed by atoms with van der Waals surface area (Å²) >= 11 is 0. The number of unbranched alkanes of at least 4 members (excludes halogenated alkanes) is 16. The monoisotopic (exact) mass is 783 g/mol. The lowest BCUT2D eigenvalue weighted by Gasteiger charge is -2.24. The van der Waals surface area contributed by atoms with Gasteiger partial charge in [0.25, 0.3) is 0 Å². The molecule has 1 unspecified atom stereocenters. The molecule has 1 N–H and O–H groups in total. The Morgan fingerprint density at radius 3 is 1.57 bits per heavy atom. The van der Waals surface area contributed by atoms with Crippen molar-refractivity contribution in [1.82, 2.24) is 0 Å². The van der Waals surface area contributed by atoms with E-state index in [1.807, 2.05) is 21.1 Å². The predicted octanol–water partition coefficient (Wildman–Crippen LogP) is 11.9. The van der Waals surface area contributed by atoms with Crippen molar-refractivity contribution in [1.29, 1.82) is 0 Å². The third-order valence-corrected chi connectivity index (χ3v) is 9.86. The zero-order valence-electron chi connectivity index (χ0n) is 35.2. The number of phosphoric ester groups is 1. The van der Waals surface area contributed by atoms with Crippen LogP contribution in [0.25, 0.3) is 0 Å². The van der Waals surface area contributed by atoms with Gasteiger partial charge in [0.1, 0.15) is 19.8 Å². The molecule has 0 bridgehead atoms. The molecule has 0 rings (SSSR count). The smallest absolute Gasteiger partial charge is 0.462 e. The second-order valence-corrected chi connectivity index (χ2v) is 16.8. The van der Waals surface area contributed by atoms with Gasteiger partial charge >= 0.3 is 19.8 Å². The van der Waals surface area contributed by atoms with Gasteiger partial charge in [0.05, 0.1) is 27.7 Å². The molecular weight excluding hydrogens is 701 g/mol. The molecule has 10 heteroatoms. The quantitative estimate of drug-likeness (QED) is 0.0217. The Hall–Kier alpha value is -2.03. The summed E-state index contributed by atoms with van der Waals surface area (Å²) in [5, 5.41) is 0. The number of phosphoric acid groups is 1. The summed E-state index contributed by atoms with van der Waals surface area (Å²) in [4.78, 5) is 35.3. The molecule has 0 aromatic rings. The second kappa shape index (κ2) is 36.6. The van der Waals surface area contributed by atoms with Gasteiger partial charge in [-0.15, -0.1) is 0 Å². The van der Waals surface area contributed by atoms with E-state index in [1.165, 1.54) is 64.2 Å². The molecule has 0 spiro atoms. The molecule has 54 heavy (non-hydrogen) atoms. The summed E-state index contributed by atoms with van der Waals surface area (Å²) in [6.07, 6.45) is 41.5. The average molecular weight is 783 g/mol. The average Bonchev–Trinajstić information content (AvgIpc) is 3.12. The van der Waals surface area contributed by atoms with Crippen molar-refractivity contribution in [3.63, 3.8) is 0 Å². The molecule has 9 nitrogen and oxygen atoms in total. The maximum Gasteiger partial charge on any atom is 0.472 e. The first kappa shape index (κ1) is 52.0. The molecule has 0 aliphatic rings. The SMILES string of the molecule is CC/C=C/C/C=C/C/C=C/C/C=C/CCCCCCC(=O)OC[C@H](COP(=O)(O)OCC[N+](C)(C)C)OC(=O)CCCCCCCCCCCCCCC. The molecule has 0 aromatic heterocycles. The van der Waals surface area contributed by atoms with Gasteiger partial charge < -0.3 is 18.9 Å². The number of nitrogens with zero attached hydrogens (tertiary/aromatic N) is 1. The molecule has 0 fully saturated rings. The van der Waals surface area contributed by atoms with Crippen LogP contribution < -0.4 is 0 Å². The first-order valence-corrected chi connectivity index (χ1v) is 22.9. The molecule has 0 aliphatic carbocycles. The molecule has 0 heterocycles. The topological polar surface area (TPSA) is 108 Å². The fourth-order valence-electron chi connectivity index (χ4n) is 5.53. The summed E-state index contributed by atoms with van der Waals surface area (Å²) in [5.74, 6) is -0.826. The van der Waals surface area contributed by atoms with Crippen LogP contribution in [0.15, 0.2) is 48.6 Å². The Morgan fingerprint density at radius 1 is 0.593 bits per heavy atom. The van der Waals surface area contributed by atoms with E-state index >= 15 is 0 Å². The summed E-state index contributed by atoms with van der Waals surface area (Å²) in [6.45, 7) is 4.27. The Bertz CT molecular complexity index is 1070. The molecular formula is C44H81NO8P+. The first-order chi connectivity index (χ1) is 26.0. The minimum absolute atomic E-state index is 0.0270. The fraction of sp³-hybridized carbons (Fsp3) is 0.773. The normalized spacial score (nSPS) is 14.1. The van der Waals surface area contributed by atoms with Crippen LogP contribution in [0.5, 0.6) is 0 Å². The number of esters is 2. The van der Waals surface area contributed by atoms with Crippen LogP contribution in [0.3, 0.4) is 0 Å². The highest BCUT2D eigenvalue weighted by Gasteiger charge is 2.27. The van der Waals surface area contributed by atoms with Gasteiger partial charge in [0.2, 0.25) is 0 Å². The van der Waals surface area contributed by atoms with Crippen molar-refractivity contribution >= 4 is 19.8 Å². The molecule has 0 aromatic carbocycles. The molecule has 0 radical (unpaired) electrons. The van der Waals surface area contributed by atoms with Crippen molar-refractivity contribution in [2.75, 3.05) is 47.5 Å². The number of rotatable bonds is 38. The zero-order chi connectivity index (χ0) is 40.0. The molecule has 2 atom stereocenters. The van der Waals surface area contributed by atoms with Crippen molar-refractivity contribution in [2.24, 2.45) is 0 Å². The van der Waals surface area contributed by atoms with Crippen molar-refractivity contribution < 1.29 is 42.1 Å². The summed E-state index contributed by atoms with van der Waals surface area (Å²) < 4.78 is 34.2. The van der Waals surface area contributed by atoms with Gasteiger partial charge in [0, 0.05) is 12.8 Å². The summed E-state index contributed by atoms with van der Waals surface area (Å²) in [5.41, 5.74) is 0. The summed E-state index contributed by atoms with van der Waals surface area (Å²) in [6, 6.07) is 0. The number of quaternary nitrogens is 1. The van der Waals surface area contributed by atoms with Crippen LogP contribution in [0.2, 0.25) is 0 Å². The maximum absolute atomic E-state index is 12.7. The predicted molar refractivity (Wildman–Crippen MR) is 224 cm³/mol. The number of hydrogen-bond donors (Lipinski definition) is 1. The highest BCUT2D eigenvalue weighted by molar-refractivity contribution is 7.47. The third kappa shape index (κ3) is 39.7. The van der Waals surface area contributed by atoms with Gasteiger partial charge in [-0.2, -0.15) is 0 Å². The highest BCUT2D eigenvalue weighted by atomic mass is 31.2. The first-order valence-electron chi connectivity index (χ1n) is 21.4. The lowest BCUT2D eigenvalue weighted by Crippen LogP contribution is -2.37. The minimum atomic E-state index is -4.38. The summed E-state index contributed by atoms with van der Waals surface area (Å²) in [7, 11) is 1.46. The lowest BCUT2D eigenvalue weighted by molar-refractivity contribution is -0.870. The second-order valence-electron chi connectivity index (χ2n) is 15.4. The lowest BCUT2D eigenvalue weighted by atomic mass is 10.0. The van der Waals surface area contributed by atoms with E-state index in [0.717, 1.165) is 64.2 Å². The Morgan fingerprint density at radius 2 is 1.06 bits per heavy atom. The number of hydrogen-bond acceptors (Lipinski definition) is 7. The fourth-order valence-corrected chi connectivity index (χ4v) is 6.27. The van der Waals surface area contributed by atoms with Crippen molar-refractivity contribution in [2.45, 2.75) is 174 Å². The van der Waals surface area contributed by atoms with Crippen LogP contribution in [0.4, 0.5) is 0 Å². The van der Waals surface area contributed by atoms with E-state index in [-0.39, 0.29) is 26.1 Å². The van der Waals surface area contributed by atoms with Crippen LogP contribution in [-0.4, -0.2) is 74.9 Å². The Kier molecular flexibility index (Phi) is 35.2. The van der Waals surface area contributed by atoms with E-state index in [0.29, 0.717) is 23.9 Å². The minimum Gasteiger partial charge on any atom is -0.462 e. The van der Waals surface area contributed by atoms with Crippen LogP contribution in [0.1, 0.15) is 168 Å². The third-order valence-electron chi connectivity index (χ3n) is 8.87. The van der Waals surface area contributed by atoms with Crippen LogP contribution in [0, 0.1) is 0 Å². The molecule has 0 saturated carbocycles. The molecule has 0 amide bonds. The number of carbonyl (C=O) groups is 2. The van der Waals surface area contributed by atoms with E-state index in [2.05, 4.69) is 62.5 Å². The number of likely N-dealkylation sites (N-methyl/N-ethyl adjacent to an activating group) is 1. The van der Waals surface area contributed by atoms with Gasteiger partial charge in [-0.1, -0.05) is 152 Å². The molecule has 0 saturated heterocycles. The zero-order valence-corrected chi connectivity index (χ0v) is 36.1. The Balaban J connectivity index is 4.41.